The van der Waals surface area contributed by atoms with Gasteiger partial charge < -0.3 is 15.4 Å². The highest BCUT2D eigenvalue weighted by Gasteiger charge is 2.30. The summed E-state index contributed by atoms with van der Waals surface area (Å²) in [5.74, 6) is 0.237. The van der Waals surface area contributed by atoms with E-state index in [1.165, 1.54) is 0 Å². The molecule has 1 fully saturated rings. The Morgan fingerprint density at radius 3 is 2.75 bits per heavy atom. The van der Waals surface area contributed by atoms with Crippen LogP contribution in [0.3, 0.4) is 0 Å². The molecule has 0 aliphatic carbocycles. The van der Waals surface area contributed by atoms with E-state index in [-0.39, 0.29) is 24.2 Å². The molecule has 134 valence electrons. The quantitative estimate of drug-likeness (QED) is 0.793. The van der Waals surface area contributed by atoms with Crippen molar-refractivity contribution in [1.82, 2.24) is 4.90 Å². The number of hydrogen-bond acceptors (Lipinski definition) is 5. The van der Waals surface area contributed by atoms with E-state index in [1.54, 1.807) is 23.1 Å². The second-order valence-corrected chi connectivity index (χ2v) is 8.99. The molecule has 0 bridgehead atoms. The maximum Gasteiger partial charge on any atom is 0.239 e. The predicted molar refractivity (Wildman–Crippen MR) is 94.4 cm³/mol. The smallest absolute Gasteiger partial charge is 0.239 e. The number of rotatable bonds is 6. The molecule has 2 rings (SSSR count). The van der Waals surface area contributed by atoms with E-state index in [0.717, 1.165) is 6.26 Å². The minimum absolute atomic E-state index is 0.100. The summed E-state index contributed by atoms with van der Waals surface area (Å²) < 4.78 is 28.1. The molecule has 24 heavy (non-hydrogen) atoms. The van der Waals surface area contributed by atoms with Gasteiger partial charge in [-0.3, -0.25) is 4.79 Å². The molecule has 2 N–H and O–H groups in total. The number of likely N-dealkylation sites (tertiary alicyclic amines) is 1. The first-order chi connectivity index (χ1) is 11.2. The zero-order valence-corrected chi connectivity index (χ0v) is 15.6. The van der Waals surface area contributed by atoms with E-state index in [4.69, 9.17) is 33.7 Å². The van der Waals surface area contributed by atoms with Crippen LogP contribution in [-0.2, 0) is 14.6 Å². The Morgan fingerprint density at radius 2 is 2.12 bits per heavy atom. The van der Waals surface area contributed by atoms with Gasteiger partial charge in [-0.1, -0.05) is 23.2 Å². The Bertz CT molecular complexity index is 711. The summed E-state index contributed by atoms with van der Waals surface area (Å²) in [6.45, 7) is 0.934. The lowest BCUT2D eigenvalue weighted by Crippen LogP contribution is -2.44. The second-order valence-electron chi connectivity index (χ2n) is 5.91. The lowest BCUT2D eigenvalue weighted by molar-refractivity contribution is -0.131. The average molecular weight is 395 g/mol. The lowest BCUT2D eigenvalue weighted by Gasteiger charge is -2.21. The number of carbonyl (C=O) groups is 1. The molecule has 1 aromatic rings. The van der Waals surface area contributed by atoms with Crippen LogP contribution >= 0.6 is 23.2 Å². The maximum absolute atomic E-state index is 12.3. The molecule has 2 atom stereocenters. The molecule has 0 spiro atoms. The molecule has 6 nitrogen and oxygen atoms in total. The summed E-state index contributed by atoms with van der Waals surface area (Å²) in [5, 5.41) is 0.854. The van der Waals surface area contributed by atoms with Gasteiger partial charge in [0.2, 0.25) is 5.91 Å². The van der Waals surface area contributed by atoms with Crippen LogP contribution in [0, 0.1) is 0 Å². The molecule has 0 aromatic heterocycles. The van der Waals surface area contributed by atoms with Gasteiger partial charge in [0, 0.05) is 25.3 Å². The first-order valence-electron chi connectivity index (χ1n) is 7.49. The van der Waals surface area contributed by atoms with Crippen LogP contribution < -0.4 is 10.5 Å². The van der Waals surface area contributed by atoms with Gasteiger partial charge in [-0.15, -0.1) is 0 Å². The monoisotopic (exact) mass is 394 g/mol. The van der Waals surface area contributed by atoms with Gasteiger partial charge in [0.1, 0.15) is 21.7 Å². The Balaban J connectivity index is 1.87. The number of nitrogens with zero attached hydrogens (tertiary/aromatic N) is 1. The third-order valence-corrected chi connectivity index (χ3v) is 5.48. The molecule has 1 heterocycles. The fraction of sp³-hybridized carbons (Fsp3) is 0.533. The number of hydrogen-bond donors (Lipinski definition) is 1. The Morgan fingerprint density at radius 1 is 1.42 bits per heavy atom. The van der Waals surface area contributed by atoms with Crippen molar-refractivity contribution >= 4 is 38.9 Å². The van der Waals surface area contributed by atoms with Crippen LogP contribution in [0.2, 0.25) is 10.0 Å². The Kier molecular flexibility index (Phi) is 6.36. The van der Waals surface area contributed by atoms with Crippen molar-refractivity contribution in [2.24, 2.45) is 5.73 Å². The first-order valence-corrected chi connectivity index (χ1v) is 10.3. The average Bonchev–Trinajstić information content (AvgIpc) is 2.95. The van der Waals surface area contributed by atoms with Crippen molar-refractivity contribution in [3.8, 4) is 5.75 Å². The highest BCUT2D eigenvalue weighted by atomic mass is 35.5. The van der Waals surface area contributed by atoms with Crippen molar-refractivity contribution in [1.29, 1.82) is 0 Å². The highest BCUT2D eigenvalue weighted by molar-refractivity contribution is 7.90. The van der Waals surface area contributed by atoms with Gasteiger partial charge in [0.05, 0.1) is 28.4 Å². The van der Waals surface area contributed by atoms with Crippen molar-refractivity contribution in [3.63, 3.8) is 0 Å². The molecular weight excluding hydrogens is 375 g/mol. The number of benzene rings is 1. The molecule has 1 saturated heterocycles. The minimum Gasteiger partial charge on any atom is -0.488 e. The van der Waals surface area contributed by atoms with E-state index < -0.39 is 15.9 Å². The van der Waals surface area contributed by atoms with Crippen molar-refractivity contribution in [3.05, 3.63) is 28.2 Å². The molecule has 0 radical (unpaired) electrons. The molecule has 1 aliphatic rings. The molecule has 1 aliphatic heterocycles. The summed E-state index contributed by atoms with van der Waals surface area (Å²) in [5.41, 5.74) is 5.81. The third kappa shape index (κ3) is 5.51. The van der Waals surface area contributed by atoms with Crippen LogP contribution in [0.15, 0.2) is 18.2 Å². The zero-order chi connectivity index (χ0) is 17.9. The van der Waals surface area contributed by atoms with Crippen LogP contribution in [0.1, 0.15) is 12.8 Å². The Hall–Kier alpha value is -1.02. The van der Waals surface area contributed by atoms with Gasteiger partial charge in [0.15, 0.2) is 0 Å². The Labute approximate surface area is 151 Å². The van der Waals surface area contributed by atoms with E-state index in [9.17, 15) is 13.2 Å². The highest BCUT2D eigenvalue weighted by Crippen LogP contribution is 2.28. The van der Waals surface area contributed by atoms with Gasteiger partial charge in [-0.05, 0) is 18.6 Å². The largest absolute Gasteiger partial charge is 0.488 e. The maximum atomic E-state index is 12.3. The van der Waals surface area contributed by atoms with Crippen molar-refractivity contribution < 1.29 is 17.9 Å². The zero-order valence-electron chi connectivity index (χ0n) is 13.2. The first kappa shape index (κ1) is 19.3. The number of carbonyl (C=O) groups excluding carboxylic acids is 1. The summed E-state index contributed by atoms with van der Waals surface area (Å²) in [6, 6.07) is 4.18. The summed E-state index contributed by atoms with van der Waals surface area (Å²) in [4.78, 5) is 13.9. The van der Waals surface area contributed by atoms with Gasteiger partial charge >= 0.3 is 0 Å². The third-order valence-electron chi connectivity index (χ3n) is 3.77. The summed E-state index contributed by atoms with van der Waals surface area (Å²) >= 11 is 11.8. The number of amides is 1. The van der Waals surface area contributed by atoms with Gasteiger partial charge in [-0.2, -0.15) is 0 Å². The number of ether oxygens (including phenoxy) is 1. The molecule has 1 aromatic carbocycles. The molecule has 1 amide bonds. The number of halogens is 2. The SMILES string of the molecule is CS(=O)(=O)CC[C@@H](N)C(=O)N1CC[C@@H](Oc2ccc(Cl)c(Cl)c2)C1. The van der Waals surface area contributed by atoms with Crippen molar-refractivity contribution in [2.75, 3.05) is 25.1 Å². The van der Waals surface area contributed by atoms with E-state index in [1.807, 2.05) is 0 Å². The second kappa shape index (κ2) is 7.91. The van der Waals surface area contributed by atoms with Crippen molar-refractivity contribution in [2.45, 2.75) is 25.0 Å². The normalized spacial score (nSPS) is 19.3. The molecule has 9 heteroatoms. The number of nitrogens with two attached hydrogens (primary N) is 1. The fourth-order valence-electron chi connectivity index (χ4n) is 2.47. The standard InChI is InChI=1S/C15H20Cl2N2O4S/c1-24(21,22)7-5-14(18)15(20)19-6-4-11(9-19)23-10-2-3-12(16)13(17)8-10/h2-3,8,11,14H,4-7,9,18H2,1H3/t11-,14-/m1/s1. The topological polar surface area (TPSA) is 89.7 Å². The summed E-state index contributed by atoms with van der Waals surface area (Å²) in [6.07, 6.45) is 1.76. The van der Waals surface area contributed by atoms with Crippen LogP contribution in [-0.4, -0.2) is 56.5 Å². The molecule has 0 saturated carbocycles. The minimum atomic E-state index is -3.13. The van der Waals surface area contributed by atoms with Gasteiger partial charge in [-0.25, -0.2) is 8.42 Å². The van der Waals surface area contributed by atoms with Crippen LogP contribution in [0.25, 0.3) is 0 Å². The fourth-order valence-corrected chi connectivity index (χ4v) is 3.44. The van der Waals surface area contributed by atoms with Crippen LogP contribution in [0.5, 0.6) is 5.75 Å². The van der Waals surface area contributed by atoms with E-state index >= 15 is 0 Å². The van der Waals surface area contributed by atoms with Crippen LogP contribution in [0.4, 0.5) is 0 Å². The van der Waals surface area contributed by atoms with E-state index in [0.29, 0.717) is 35.3 Å². The summed E-state index contributed by atoms with van der Waals surface area (Å²) in [7, 11) is -3.13. The molecular formula is C15H20Cl2N2O4S. The predicted octanol–water partition coefficient (Wildman–Crippen LogP) is 1.74. The number of sulfone groups is 1. The van der Waals surface area contributed by atoms with Gasteiger partial charge in [0.25, 0.3) is 0 Å². The lowest BCUT2D eigenvalue weighted by atomic mass is 10.2. The molecule has 0 unspecified atom stereocenters. The van der Waals surface area contributed by atoms with E-state index in [2.05, 4.69) is 0 Å².